The number of pyridine rings is 2. The molecule has 0 atom stereocenters. The Labute approximate surface area is 300 Å². The van der Waals surface area contributed by atoms with Crippen molar-refractivity contribution >= 4 is 34.7 Å². The summed E-state index contributed by atoms with van der Waals surface area (Å²) in [4.78, 5) is 51.5. The lowest BCUT2D eigenvalue weighted by molar-refractivity contribution is 0.0298. The smallest absolute Gasteiger partial charge is 0.340 e. The molecule has 1 aliphatic rings. The largest absolute Gasteiger partial charge is 0.494 e. The minimum Gasteiger partial charge on any atom is -0.494 e. The molecule has 14 heteroatoms. The number of hydrogen-bond donors (Lipinski definition) is 2. The van der Waals surface area contributed by atoms with Crippen molar-refractivity contribution in [3.8, 4) is 11.8 Å². The van der Waals surface area contributed by atoms with E-state index in [1.165, 1.54) is 14.1 Å². The van der Waals surface area contributed by atoms with E-state index in [0.717, 1.165) is 34.8 Å². The molecule has 272 valence electrons. The van der Waals surface area contributed by atoms with E-state index in [9.17, 15) is 29.4 Å². The molecule has 1 fully saturated rings. The number of esters is 2. The van der Waals surface area contributed by atoms with E-state index in [-0.39, 0.29) is 70.7 Å². The van der Waals surface area contributed by atoms with E-state index in [1.54, 1.807) is 76.2 Å². The second-order valence-corrected chi connectivity index (χ2v) is 13.1. The van der Waals surface area contributed by atoms with E-state index in [0.29, 0.717) is 22.3 Å². The van der Waals surface area contributed by atoms with Crippen molar-refractivity contribution < 1.29 is 29.3 Å². The van der Waals surface area contributed by atoms with Crippen LogP contribution in [0.1, 0.15) is 68.7 Å². The fraction of sp³-hybridized carbons (Fsp3) is 0.368. The van der Waals surface area contributed by atoms with Crippen molar-refractivity contribution in [3.05, 3.63) is 103 Å². The van der Waals surface area contributed by atoms with Crippen LogP contribution in [0.3, 0.4) is 0 Å². The van der Waals surface area contributed by atoms with Crippen LogP contribution in [-0.4, -0.2) is 44.5 Å². The van der Waals surface area contributed by atoms with Gasteiger partial charge >= 0.3 is 11.9 Å². The number of aromatic nitrogens is 2. The summed E-state index contributed by atoms with van der Waals surface area (Å²) in [5.41, 5.74) is 2.06. The molecular weight excluding hydrogens is 668 g/mol. The number of benzene rings is 2. The summed E-state index contributed by atoms with van der Waals surface area (Å²) in [6.45, 7) is 7.14. The molecule has 1 aliphatic carbocycles. The molecule has 0 aliphatic heterocycles. The average Bonchev–Trinajstić information content (AvgIpc) is 3.16. The maximum Gasteiger partial charge on any atom is 0.340 e. The lowest BCUT2D eigenvalue weighted by Gasteiger charge is -2.27. The van der Waals surface area contributed by atoms with E-state index in [1.807, 2.05) is 0 Å². The number of carbonyl (C=O) groups excluding carboxylic acids is 2. The number of ether oxygens (including phenoxy) is 2. The minimum atomic E-state index is -0.552. The number of hydrogen-bond acceptors (Lipinski definition) is 12. The third-order valence-corrected chi connectivity index (χ3v) is 9.79. The summed E-state index contributed by atoms with van der Waals surface area (Å²) in [5.74, 6) is -1.12. The van der Waals surface area contributed by atoms with Crippen molar-refractivity contribution in [1.29, 1.82) is 0 Å². The maximum absolute atomic E-state index is 13.1. The highest BCUT2D eigenvalue weighted by Crippen LogP contribution is 2.32. The molecule has 0 bridgehead atoms. The van der Waals surface area contributed by atoms with Crippen LogP contribution in [0.25, 0.3) is 0 Å². The van der Waals surface area contributed by atoms with Gasteiger partial charge < -0.3 is 19.7 Å². The van der Waals surface area contributed by atoms with Gasteiger partial charge in [0.25, 0.3) is 11.1 Å². The fourth-order valence-electron chi connectivity index (χ4n) is 6.04. The summed E-state index contributed by atoms with van der Waals surface area (Å²) >= 11 is 0. The first-order chi connectivity index (χ1) is 24.8. The minimum absolute atomic E-state index is 0.0714. The van der Waals surface area contributed by atoms with Crippen LogP contribution < -0.4 is 11.1 Å². The Kier molecular flexibility index (Phi) is 11.5. The maximum atomic E-state index is 13.1. The van der Waals surface area contributed by atoms with Gasteiger partial charge in [-0.2, -0.15) is 0 Å². The molecule has 14 nitrogen and oxygen atoms in total. The normalized spacial score (nSPS) is 16.0. The molecule has 2 aromatic heterocycles. The summed E-state index contributed by atoms with van der Waals surface area (Å²) in [7, 11) is 2.89. The summed E-state index contributed by atoms with van der Waals surface area (Å²) in [6.07, 6.45) is 3.13. The van der Waals surface area contributed by atoms with Gasteiger partial charge in [-0.3, -0.25) is 18.7 Å². The molecule has 0 spiro atoms. The average molecular weight is 711 g/mol. The second kappa shape index (κ2) is 16.0. The molecule has 0 unspecified atom stereocenters. The van der Waals surface area contributed by atoms with E-state index >= 15 is 0 Å². The van der Waals surface area contributed by atoms with E-state index in [4.69, 9.17) is 9.47 Å². The summed E-state index contributed by atoms with van der Waals surface area (Å²) in [6, 6.07) is 13.2. The Balaban J connectivity index is 1.14. The molecule has 2 aromatic carbocycles. The van der Waals surface area contributed by atoms with Gasteiger partial charge in [-0.25, -0.2) is 9.59 Å². The van der Waals surface area contributed by atoms with Gasteiger partial charge in [0, 0.05) is 25.2 Å². The zero-order valence-corrected chi connectivity index (χ0v) is 30.0. The Morgan fingerprint density at radius 3 is 1.33 bits per heavy atom. The van der Waals surface area contributed by atoms with Crippen LogP contribution in [-0.2, 0) is 23.6 Å². The molecule has 1 saturated carbocycles. The van der Waals surface area contributed by atoms with Gasteiger partial charge in [0.05, 0.1) is 24.3 Å². The predicted molar refractivity (Wildman–Crippen MR) is 193 cm³/mol. The zero-order chi connectivity index (χ0) is 37.7. The molecular formula is C38H42N6O8. The first-order valence-corrected chi connectivity index (χ1v) is 16.9. The molecule has 0 radical (unpaired) electrons. The Morgan fingerprint density at radius 2 is 0.962 bits per heavy atom. The number of nitrogens with zero attached hydrogens (tertiary/aromatic N) is 6. The molecule has 52 heavy (non-hydrogen) atoms. The highest BCUT2D eigenvalue weighted by atomic mass is 16.5. The van der Waals surface area contributed by atoms with Gasteiger partial charge in [-0.05, 0) is 101 Å². The zero-order valence-electron chi connectivity index (χ0n) is 30.0. The van der Waals surface area contributed by atoms with Crippen molar-refractivity contribution in [2.24, 2.45) is 46.4 Å². The number of carbonyl (C=O) groups is 2. The van der Waals surface area contributed by atoms with Gasteiger partial charge in [-0.1, -0.05) is 24.3 Å². The first-order valence-electron chi connectivity index (χ1n) is 16.9. The SMILES string of the molecule is Cc1c(C)c(O)n(C)c(=O)c1N=Nc1ccccc1C(=O)OCC1CCC(COC(=O)c2ccccc2N=Nc2c(C)c(C)c(O)n(C)c2=O)CC1. The van der Waals surface area contributed by atoms with Crippen LogP contribution >= 0.6 is 0 Å². The Morgan fingerprint density at radius 1 is 0.615 bits per heavy atom. The van der Waals surface area contributed by atoms with E-state index < -0.39 is 23.1 Å². The third-order valence-electron chi connectivity index (χ3n) is 9.79. The van der Waals surface area contributed by atoms with E-state index in [2.05, 4.69) is 20.5 Å². The second-order valence-electron chi connectivity index (χ2n) is 13.1. The Bertz CT molecular complexity index is 2040. The van der Waals surface area contributed by atoms with Crippen LogP contribution in [0.5, 0.6) is 11.8 Å². The van der Waals surface area contributed by atoms with Crippen LogP contribution in [0.4, 0.5) is 22.7 Å². The highest BCUT2D eigenvalue weighted by Gasteiger charge is 2.25. The topological polar surface area (TPSA) is 187 Å². The van der Waals surface area contributed by atoms with Gasteiger partial charge in [0.2, 0.25) is 0 Å². The van der Waals surface area contributed by atoms with Gasteiger partial charge in [0.15, 0.2) is 23.1 Å². The molecule has 0 saturated heterocycles. The monoisotopic (exact) mass is 710 g/mol. The number of rotatable bonds is 10. The number of azo groups is 2. The molecule has 2 heterocycles. The lowest BCUT2D eigenvalue weighted by atomic mass is 9.83. The molecule has 2 N–H and O–H groups in total. The molecule has 4 aromatic rings. The highest BCUT2D eigenvalue weighted by molar-refractivity contribution is 5.95. The van der Waals surface area contributed by atoms with Crippen molar-refractivity contribution in [2.75, 3.05) is 13.2 Å². The summed E-state index contributed by atoms with van der Waals surface area (Å²) in [5, 5.41) is 36.9. The summed E-state index contributed by atoms with van der Waals surface area (Å²) < 4.78 is 13.5. The predicted octanol–water partition coefficient (Wildman–Crippen LogP) is 7.38. The Hall–Kier alpha value is -5.92. The quantitative estimate of drug-likeness (QED) is 0.126. The molecule has 5 rings (SSSR count). The fourth-order valence-corrected chi connectivity index (χ4v) is 6.04. The lowest BCUT2D eigenvalue weighted by Crippen LogP contribution is -2.24. The van der Waals surface area contributed by atoms with Gasteiger partial charge in [-0.15, -0.1) is 20.5 Å². The molecule has 0 amide bonds. The van der Waals surface area contributed by atoms with Gasteiger partial charge in [0.1, 0.15) is 11.4 Å². The van der Waals surface area contributed by atoms with Crippen LogP contribution in [0, 0.1) is 39.5 Å². The van der Waals surface area contributed by atoms with Crippen molar-refractivity contribution in [2.45, 2.75) is 53.4 Å². The van der Waals surface area contributed by atoms with Crippen LogP contribution in [0.2, 0.25) is 0 Å². The third kappa shape index (κ3) is 7.85. The van der Waals surface area contributed by atoms with Crippen molar-refractivity contribution in [3.63, 3.8) is 0 Å². The first kappa shape index (κ1) is 37.3. The van der Waals surface area contributed by atoms with Crippen molar-refractivity contribution in [1.82, 2.24) is 9.13 Å². The van der Waals surface area contributed by atoms with Crippen LogP contribution in [0.15, 0.2) is 78.6 Å². The number of aromatic hydroxyl groups is 2. The standard InChI is InChI=1S/C38H42N6O8/c1-21-23(3)33(45)43(5)35(47)31(21)41-39-29-13-9-7-11-27(29)37(49)51-19-25-15-17-26(18-16-25)20-52-38(50)28-12-8-10-14-30(28)40-42-32-22(2)24(4)34(46)44(6)36(32)48/h7-14,25-26,45-46H,15-20H2,1-6H3.